The molecule has 1 aliphatic rings. The van der Waals surface area contributed by atoms with Gasteiger partial charge < -0.3 is 15.2 Å². The number of aliphatic hydroxyl groups excluding tert-OH is 1. The van der Waals surface area contributed by atoms with E-state index in [0.29, 0.717) is 6.42 Å². The first-order chi connectivity index (χ1) is 7.09. The minimum absolute atomic E-state index is 0.0270. The maximum Gasteiger partial charge on any atom is 0.223 e. The SMILES string of the molecule is CCC(C)(CO)NC(=O)CC1CCCO1. The predicted molar refractivity (Wildman–Crippen MR) is 57.5 cm³/mol. The van der Waals surface area contributed by atoms with E-state index in [4.69, 9.17) is 9.84 Å². The molecule has 4 nitrogen and oxygen atoms in total. The minimum Gasteiger partial charge on any atom is -0.394 e. The lowest BCUT2D eigenvalue weighted by Crippen LogP contribution is -2.49. The van der Waals surface area contributed by atoms with Crippen LogP contribution < -0.4 is 5.32 Å². The second-order valence-electron chi connectivity index (χ2n) is 4.46. The summed E-state index contributed by atoms with van der Waals surface area (Å²) >= 11 is 0. The molecule has 1 aliphatic heterocycles. The zero-order valence-electron chi connectivity index (χ0n) is 9.58. The van der Waals surface area contributed by atoms with Crippen LogP contribution in [0.4, 0.5) is 0 Å². The van der Waals surface area contributed by atoms with Crippen LogP contribution in [-0.4, -0.2) is 35.9 Å². The van der Waals surface area contributed by atoms with Crippen molar-refractivity contribution in [1.82, 2.24) is 5.32 Å². The molecule has 2 atom stereocenters. The summed E-state index contributed by atoms with van der Waals surface area (Å²) < 4.78 is 5.38. The van der Waals surface area contributed by atoms with Gasteiger partial charge in [0.1, 0.15) is 0 Å². The third-order valence-corrected chi connectivity index (χ3v) is 3.01. The van der Waals surface area contributed by atoms with Crippen LogP contribution in [0.3, 0.4) is 0 Å². The summed E-state index contributed by atoms with van der Waals surface area (Å²) in [6.07, 6.45) is 3.22. The van der Waals surface area contributed by atoms with Crippen LogP contribution in [0.15, 0.2) is 0 Å². The molecular weight excluding hydrogens is 194 g/mol. The molecule has 1 amide bonds. The van der Waals surface area contributed by atoms with Crippen molar-refractivity contribution in [3.05, 3.63) is 0 Å². The Kier molecular flexibility index (Phi) is 4.54. The Labute approximate surface area is 91.0 Å². The van der Waals surface area contributed by atoms with Crippen LogP contribution in [0, 0.1) is 0 Å². The molecule has 2 unspecified atom stereocenters. The molecule has 0 saturated carbocycles. The van der Waals surface area contributed by atoms with Gasteiger partial charge in [0.15, 0.2) is 0 Å². The number of ether oxygens (including phenoxy) is 1. The summed E-state index contributed by atoms with van der Waals surface area (Å²) in [5.41, 5.74) is -0.490. The van der Waals surface area contributed by atoms with Gasteiger partial charge in [-0.15, -0.1) is 0 Å². The number of amides is 1. The molecule has 1 rings (SSSR count). The summed E-state index contributed by atoms with van der Waals surface area (Å²) in [4.78, 5) is 11.6. The fraction of sp³-hybridized carbons (Fsp3) is 0.909. The predicted octanol–water partition coefficient (Wildman–Crippen LogP) is 0.833. The van der Waals surface area contributed by atoms with E-state index in [0.717, 1.165) is 25.9 Å². The third kappa shape index (κ3) is 3.80. The third-order valence-electron chi connectivity index (χ3n) is 3.01. The van der Waals surface area contributed by atoms with Crippen molar-refractivity contribution >= 4 is 5.91 Å². The first kappa shape index (κ1) is 12.5. The van der Waals surface area contributed by atoms with Gasteiger partial charge in [-0.3, -0.25) is 4.79 Å². The van der Waals surface area contributed by atoms with Gasteiger partial charge >= 0.3 is 0 Å². The van der Waals surface area contributed by atoms with Crippen molar-refractivity contribution in [2.24, 2.45) is 0 Å². The van der Waals surface area contributed by atoms with Crippen LogP contribution in [0.1, 0.15) is 39.5 Å². The number of aliphatic hydroxyl groups is 1. The Bertz CT molecular complexity index is 208. The molecule has 1 fully saturated rings. The zero-order chi connectivity index (χ0) is 11.3. The van der Waals surface area contributed by atoms with Gasteiger partial charge in [0.25, 0.3) is 0 Å². The highest BCUT2D eigenvalue weighted by Gasteiger charge is 2.26. The number of hydrogen-bond acceptors (Lipinski definition) is 3. The molecule has 88 valence electrons. The van der Waals surface area contributed by atoms with E-state index in [9.17, 15) is 4.79 Å². The lowest BCUT2D eigenvalue weighted by molar-refractivity contribution is -0.125. The average Bonchev–Trinajstić information content (AvgIpc) is 2.70. The van der Waals surface area contributed by atoms with Gasteiger partial charge in [-0.25, -0.2) is 0 Å². The zero-order valence-corrected chi connectivity index (χ0v) is 9.58. The first-order valence-corrected chi connectivity index (χ1v) is 5.63. The topological polar surface area (TPSA) is 58.6 Å². The number of carbonyl (C=O) groups excluding carboxylic acids is 1. The van der Waals surface area contributed by atoms with Gasteiger partial charge in [-0.1, -0.05) is 6.92 Å². The Balaban J connectivity index is 2.33. The second-order valence-corrected chi connectivity index (χ2v) is 4.46. The van der Waals surface area contributed by atoms with Gasteiger partial charge in [-0.2, -0.15) is 0 Å². The Morgan fingerprint density at radius 1 is 1.67 bits per heavy atom. The van der Waals surface area contributed by atoms with Gasteiger partial charge in [0.05, 0.1) is 24.7 Å². The molecule has 1 saturated heterocycles. The van der Waals surface area contributed by atoms with Crippen molar-refractivity contribution in [3.63, 3.8) is 0 Å². The van der Waals surface area contributed by atoms with Crippen LogP contribution in [0.5, 0.6) is 0 Å². The van der Waals surface area contributed by atoms with Crippen molar-refractivity contribution in [2.45, 2.75) is 51.2 Å². The molecular formula is C11H21NO3. The number of carbonyl (C=O) groups is 1. The van der Waals surface area contributed by atoms with E-state index < -0.39 is 5.54 Å². The Morgan fingerprint density at radius 2 is 2.40 bits per heavy atom. The molecule has 0 aromatic rings. The quantitative estimate of drug-likeness (QED) is 0.714. The number of rotatable bonds is 5. The van der Waals surface area contributed by atoms with Gasteiger partial charge in [0, 0.05) is 6.61 Å². The second kappa shape index (κ2) is 5.47. The highest BCUT2D eigenvalue weighted by atomic mass is 16.5. The molecule has 15 heavy (non-hydrogen) atoms. The Morgan fingerprint density at radius 3 is 2.87 bits per heavy atom. The minimum atomic E-state index is -0.490. The summed E-state index contributed by atoms with van der Waals surface area (Å²) in [7, 11) is 0. The molecule has 0 radical (unpaired) electrons. The average molecular weight is 215 g/mol. The smallest absolute Gasteiger partial charge is 0.223 e. The van der Waals surface area contributed by atoms with Crippen LogP contribution >= 0.6 is 0 Å². The number of nitrogens with one attached hydrogen (secondary N) is 1. The summed E-state index contributed by atoms with van der Waals surface area (Å²) in [5.74, 6) is -0.0275. The number of hydrogen-bond donors (Lipinski definition) is 2. The summed E-state index contributed by atoms with van der Waals surface area (Å²) in [6.45, 7) is 4.53. The molecule has 0 spiro atoms. The highest BCUT2D eigenvalue weighted by Crippen LogP contribution is 2.16. The van der Waals surface area contributed by atoms with Crippen LogP contribution in [-0.2, 0) is 9.53 Å². The largest absolute Gasteiger partial charge is 0.394 e. The summed E-state index contributed by atoms with van der Waals surface area (Å²) in [5, 5.41) is 12.0. The van der Waals surface area contributed by atoms with E-state index in [1.807, 2.05) is 13.8 Å². The van der Waals surface area contributed by atoms with Crippen molar-refractivity contribution in [1.29, 1.82) is 0 Å². The first-order valence-electron chi connectivity index (χ1n) is 5.63. The van der Waals surface area contributed by atoms with E-state index in [2.05, 4.69) is 5.32 Å². The van der Waals surface area contributed by atoms with Crippen molar-refractivity contribution in [2.75, 3.05) is 13.2 Å². The molecule has 2 N–H and O–H groups in total. The van der Waals surface area contributed by atoms with E-state index in [-0.39, 0.29) is 18.6 Å². The highest BCUT2D eigenvalue weighted by molar-refractivity contribution is 5.77. The van der Waals surface area contributed by atoms with E-state index >= 15 is 0 Å². The summed E-state index contributed by atoms with van der Waals surface area (Å²) in [6, 6.07) is 0. The van der Waals surface area contributed by atoms with Crippen LogP contribution in [0.2, 0.25) is 0 Å². The van der Waals surface area contributed by atoms with Gasteiger partial charge in [0.2, 0.25) is 5.91 Å². The fourth-order valence-corrected chi connectivity index (χ4v) is 1.64. The van der Waals surface area contributed by atoms with Crippen molar-refractivity contribution in [3.8, 4) is 0 Å². The lowest BCUT2D eigenvalue weighted by atomic mass is 9.99. The maximum atomic E-state index is 11.6. The standard InChI is InChI=1S/C11H21NO3/c1-3-11(2,8-13)12-10(14)7-9-5-4-6-15-9/h9,13H,3-8H2,1-2H3,(H,12,14). The van der Waals surface area contributed by atoms with Crippen molar-refractivity contribution < 1.29 is 14.6 Å². The molecule has 0 aromatic carbocycles. The molecule has 0 aromatic heterocycles. The normalized spacial score (nSPS) is 24.9. The lowest BCUT2D eigenvalue weighted by Gasteiger charge is -2.27. The molecule has 1 heterocycles. The monoisotopic (exact) mass is 215 g/mol. The Hall–Kier alpha value is -0.610. The molecule has 4 heteroatoms. The van der Waals surface area contributed by atoms with E-state index in [1.54, 1.807) is 0 Å². The van der Waals surface area contributed by atoms with E-state index in [1.165, 1.54) is 0 Å². The molecule has 0 aliphatic carbocycles. The van der Waals surface area contributed by atoms with Gasteiger partial charge in [-0.05, 0) is 26.2 Å². The maximum absolute atomic E-state index is 11.6. The fourth-order valence-electron chi connectivity index (χ4n) is 1.64. The molecule has 0 bridgehead atoms. The van der Waals surface area contributed by atoms with Crippen LogP contribution in [0.25, 0.3) is 0 Å².